The Morgan fingerprint density at radius 1 is 1.03 bits per heavy atom. The Morgan fingerprint density at radius 3 is 2.72 bits per heavy atom. The van der Waals surface area contributed by atoms with Crippen molar-refractivity contribution < 1.29 is 18.9 Å². The third kappa shape index (κ3) is 3.19. The molecule has 6 rings (SSSR count). The van der Waals surface area contributed by atoms with Gasteiger partial charge in [-0.2, -0.15) is 0 Å². The van der Waals surface area contributed by atoms with Crippen molar-refractivity contribution in [2.75, 3.05) is 12.3 Å². The number of rotatable bonds is 4. The summed E-state index contributed by atoms with van der Waals surface area (Å²) in [6.45, 7) is 4.17. The molecule has 0 bridgehead atoms. The number of benzene rings is 2. The maximum atomic E-state index is 6.41. The van der Waals surface area contributed by atoms with Crippen LogP contribution in [0, 0.1) is 0 Å². The van der Waals surface area contributed by atoms with E-state index in [4.69, 9.17) is 24.7 Å². The minimum Gasteiger partial charge on any atom is -0.491 e. The van der Waals surface area contributed by atoms with Crippen LogP contribution in [0.5, 0.6) is 5.75 Å². The summed E-state index contributed by atoms with van der Waals surface area (Å²) in [6.07, 6.45) is 2.05. The molecule has 4 heterocycles. The van der Waals surface area contributed by atoms with Gasteiger partial charge in [0.05, 0.1) is 5.39 Å². The fraction of sp³-hybridized carbons (Fsp3) is 0.333. The Balaban J connectivity index is 1.28. The van der Waals surface area contributed by atoms with Gasteiger partial charge < -0.3 is 29.2 Å². The van der Waals surface area contributed by atoms with E-state index < -0.39 is 12.0 Å². The predicted octanol–water partition coefficient (Wildman–Crippen LogP) is 3.66. The summed E-state index contributed by atoms with van der Waals surface area (Å²) in [6, 6.07) is 16.2. The van der Waals surface area contributed by atoms with E-state index in [0.29, 0.717) is 18.1 Å². The molecule has 0 amide bonds. The molecular weight excluding hydrogens is 408 g/mol. The summed E-state index contributed by atoms with van der Waals surface area (Å²) in [5.74, 6) is 0.510. The van der Waals surface area contributed by atoms with Crippen molar-refractivity contribution in [2.45, 2.75) is 44.2 Å². The van der Waals surface area contributed by atoms with E-state index in [1.165, 1.54) is 11.7 Å². The molecule has 164 valence electrons. The molecule has 32 heavy (non-hydrogen) atoms. The number of anilines is 1. The van der Waals surface area contributed by atoms with E-state index in [1.807, 2.05) is 54.9 Å². The second-order valence-corrected chi connectivity index (χ2v) is 8.67. The van der Waals surface area contributed by atoms with Crippen molar-refractivity contribution in [1.82, 2.24) is 14.5 Å². The quantitative estimate of drug-likeness (QED) is 0.526. The fourth-order valence-corrected chi connectivity index (χ4v) is 4.65. The molecule has 0 radical (unpaired) electrons. The highest BCUT2D eigenvalue weighted by Gasteiger charge is 2.56. The van der Waals surface area contributed by atoms with Crippen molar-refractivity contribution in [2.24, 2.45) is 0 Å². The number of hydrogen-bond donors (Lipinski definition) is 1. The SMILES string of the molecule is CC1(C)O[C@@H]2[C@H](O1)[C@@H](COc1ccc3ccccc3c1)O[C@H]2n1ccc2c(N)ncnc21. The molecule has 2 fully saturated rings. The molecule has 2 aromatic heterocycles. The molecule has 4 aromatic rings. The van der Waals surface area contributed by atoms with Crippen molar-refractivity contribution in [1.29, 1.82) is 0 Å². The number of aromatic nitrogens is 3. The monoisotopic (exact) mass is 432 g/mol. The van der Waals surface area contributed by atoms with Crippen molar-refractivity contribution in [3.8, 4) is 5.75 Å². The Morgan fingerprint density at radius 2 is 1.84 bits per heavy atom. The largest absolute Gasteiger partial charge is 0.491 e. The molecule has 2 aromatic carbocycles. The van der Waals surface area contributed by atoms with Crippen LogP contribution in [0.1, 0.15) is 20.1 Å². The van der Waals surface area contributed by atoms with Crippen LogP contribution in [0.4, 0.5) is 5.82 Å². The first kappa shape index (κ1) is 19.5. The van der Waals surface area contributed by atoms with E-state index in [0.717, 1.165) is 16.5 Å². The van der Waals surface area contributed by atoms with Gasteiger partial charge in [-0.1, -0.05) is 30.3 Å². The molecule has 0 aliphatic carbocycles. The molecule has 8 heteroatoms. The molecule has 2 aliphatic rings. The van der Waals surface area contributed by atoms with E-state index >= 15 is 0 Å². The van der Waals surface area contributed by atoms with Crippen molar-refractivity contribution in [3.05, 3.63) is 61.1 Å². The van der Waals surface area contributed by atoms with Crippen LogP contribution in [-0.2, 0) is 14.2 Å². The highest BCUT2D eigenvalue weighted by Crippen LogP contribution is 2.44. The smallest absolute Gasteiger partial charge is 0.164 e. The number of nitrogen functional groups attached to an aromatic ring is 1. The Kier molecular flexibility index (Phi) is 4.36. The highest BCUT2D eigenvalue weighted by atomic mass is 16.8. The van der Waals surface area contributed by atoms with Crippen molar-refractivity contribution >= 4 is 27.6 Å². The first-order chi connectivity index (χ1) is 15.5. The lowest BCUT2D eigenvalue weighted by Gasteiger charge is -2.25. The van der Waals surface area contributed by atoms with Gasteiger partial charge in [-0.25, -0.2) is 9.97 Å². The lowest BCUT2D eigenvalue weighted by atomic mass is 10.1. The van der Waals surface area contributed by atoms with E-state index in [9.17, 15) is 0 Å². The van der Waals surface area contributed by atoms with E-state index in [-0.39, 0.29) is 18.3 Å². The van der Waals surface area contributed by atoms with Gasteiger partial charge >= 0.3 is 0 Å². The standard InChI is InChI=1S/C24H24N4O4/c1-24(2)31-19-18(12-29-16-8-7-14-5-3-4-6-15(14)11-16)30-23(20(19)32-24)28-10-9-17-21(25)26-13-27-22(17)28/h3-11,13,18-20,23H,12H2,1-2H3,(H2,25,26,27)/t18-,19-,20-,23-/m1/s1. The second kappa shape index (κ2) is 7.16. The molecule has 0 unspecified atom stereocenters. The maximum Gasteiger partial charge on any atom is 0.164 e. The number of hydrogen-bond acceptors (Lipinski definition) is 7. The summed E-state index contributed by atoms with van der Waals surface area (Å²) >= 11 is 0. The van der Waals surface area contributed by atoms with Gasteiger partial charge in [0.1, 0.15) is 48.5 Å². The summed E-state index contributed by atoms with van der Waals surface area (Å²) in [5.41, 5.74) is 6.72. The predicted molar refractivity (Wildman–Crippen MR) is 119 cm³/mol. The summed E-state index contributed by atoms with van der Waals surface area (Å²) in [7, 11) is 0. The van der Waals surface area contributed by atoms with Crippen LogP contribution in [0.25, 0.3) is 21.8 Å². The lowest BCUT2D eigenvalue weighted by molar-refractivity contribution is -0.198. The maximum absolute atomic E-state index is 6.41. The summed E-state index contributed by atoms with van der Waals surface area (Å²) in [5, 5.41) is 3.08. The average molecular weight is 432 g/mol. The Hall–Kier alpha value is -3.20. The van der Waals surface area contributed by atoms with Crippen LogP contribution >= 0.6 is 0 Å². The minimum atomic E-state index is -0.713. The fourth-order valence-electron chi connectivity index (χ4n) is 4.65. The minimum absolute atomic E-state index is 0.271. The molecule has 4 atom stereocenters. The molecule has 8 nitrogen and oxygen atoms in total. The Labute approximate surface area is 184 Å². The molecular formula is C24H24N4O4. The molecule has 0 saturated carbocycles. The zero-order valence-electron chi connectivity index (χ0n) is 17.8. The molecule has 0 spiro atoms. The van der Waals surface area contributed by atoms with Crippen LogP contribution in [0.2, 0.25) is 0 Å². The first-order valence-corrected chi connectivity index (χ1v) is 10.7. The molecule has 2 N–H and O–H groups in total. The van der Waals surface area contributed by atoms with Crippen LogP contribution in [0.3, 0.4) is 0 Å². The number of ether oxygens (including phenoxy) is 4. The highest BCUT2D eigenvalue weighted by molar-refractivity contribution is 5.86. The lowest BCUT2D eigenvalue weighted by Crippen LogP contribution is -2.33. The Bertz CT molecular complexity index is 1300. The third-order valence-electron chi connectivity index (χ3n) is 6.07. The van der Waals surface area contributed by atoms with E-state index in [2.05, 4.69) is 28.2 Å². The van der Waals surface area contributed by atoms with Crippen LogP contribution in [0.15, 0.2) is 61.1 Å². The van der Waals surface area contributed by atoms with Gasteiger partial charge in [-0.05, 0) is 42.8 Å². The number of fused-ring (bicyclic) bond motifs is 3. The van der Waals surface area contributed by atoms with Crippen LogP contribution < -0.4 is 10.5 Å². The number of nitrogens with zero attached hydrogens (tertiary/aromatic N) is 3. The van der Waals surface area contributed by atoms with Gasteiger partial charge in [-0.3, -0.25) is 0 Å². The van der Waals surface area contributed by atoms with E-state index in [1.54, 1.807) is 0 Å². The zero-order chi connectivity index (χ0) is 21.9. The van der Waals surface area contributed by atoms with Crippen LogP contribution in [-0.4, -0.2) is 45.2 Å². The molecule has 2 saturated heterocycles. The van der Waals surface area contributed by atoms with Gasteiger partial charge in [0.25, 0.3) is 0 Å². The summed E-state index contributed by atoms with van der Waals surface area (Å²) < 4.78 is 26.9. The average Bonchev–Trinajstić information content (AvgIpc) is 3.44. The number of nitrogens with two attached hydrogens (primary N) is 1. The zero-order valence-corrected chi connectivity index (χ0v) is 17.8. The molecule has 2 aliphatic heterocycles. The third-order valence-corrected chi connectivity index (χ3v) is 6.07. The van der Waals surface area contributed by atoms with Crippen molar-refractivity contribution in [3.63, 3.8) is 0 Å². The van der Waals surface area contributed by atoms with Gasteiger partial charge in [0.15, 0.2) is 12.0 Å². The summed E-state index contributed by atoms with van der Waals surface area (Å²) in [4.78, 5) is 8.48. The first-order valence-electron chi connectivity index (χ1n) is 10.7. The van der Waals surface area contributed by atoms with Gasteiger partial charge in [0.2, 0.25) is 0 Å². The van der Waals surface area contributed by atoms with Gasteiger partial charge in [0, 0.05) is 6.20 Å². The topological polar surface area (TPSA) is 93.7 Å². The van der Waals surface area contributed by atoms with Gasteiger partial charge in [-0.15, -0.1) is 0 Å². The normalized spacial score (nSPS) is 26.6. The second-order valence-electron chi connectivity index (χ2n) is 8.67.